The van der Waals surface area contributed by atoms with Crippen molar-refractivity contribution in [3.63, 3.8) is 0 Å². The van der Waals surface area contributed by atoms with Crippen molar-refractivity contribution < 1.29 is 23.4 Å². The van der Waals surface area contributed by atoms with E-state index >= 15 is 0 Å². The first-order valence-corrected chi connectivity index (χ1v) is 11.8. The summed E-state index contributed by atoms with van der Waals surface area (Å²) >= 11 is 3.42. The third-order valence-electron chi connectivity index (χ3n) is 5.98. The Morgan fingerprint density at radius 1 is 0.943 bits per heavy atom. The molecule has 0 saturated heterocycles. The van der Waals surface area contributed by atoms with Crippen LogP contribution < -0.4 is 24.5 Å². The number of fused-ring (bicyclic) bond motifs is 2. The van der Waals surface area contributed by atoms with Gasteiger partial charge in [0.1, 0.15) is 11.3 Å². The SMILES string of the molecule is CCOc1ccc(N2C(=O)c3oc4ccc(Br)cc4c(=O)c3C2c2ccc(OC)c(OC)c2)cc1. The second kappa shape index (κ2) is 9.11. The molecule has 1 aliphatic heterocycles. The monoisotopic (exact) mass is 535 g/mol. The van der Waals surface area contributed by atoms with E-state index < -0.39 is 11.9 Å². The van der Waals surface area contributed by atoms with Gasteiger partial charge in [-0.3, -0.25) is 14.5 Å². The van der Waals surface area contributed by atoms with E-state index in [4.69, 9.17) is 18.6 Å². The Labute approximate surface area is 210 Å². The van der Waals surface area contributed by atoms with Crippen LogP contribution in [0.4, 0.5) is 5.69 Å². The highest BCUT2D eigenvalue weighted by Gasteiger charge is 2.44. The number of carbonyl (C=O) groups excluding carboxylic acids is 1. The summed E-state index contributed by atoms with van der Waals surface area (Å²) in [6.45, 7) is 2.43. The van der Waals surface area contributed by atoms with E-state index in [9.17, 15) is 9.59 Å². The number of halogens is 1. The summed E-state index contributed by atoms with van der Waals surface area (Å²) in [4.78, 5) is 29.1. The van der Waals surface area contributed by atoms with Crippen molar-refractivity contribution in [1.82, 2.24) is 0 Å². The first-order chi connectivity index (χ1) is 17.0. The van der Waals surface area contributed by atoms with Gasteiger partial charge in [0.15, 0.2) is 16.9 Å². The van der Waals surface area contributed by atoms with Crippen LogP contribution in [0.15, 0.2) is 74.3 Å². The summed E-state index contributed by atoms with van der Waals surface area (Å²) in [5, 5.41) is 0.393. The van der Waals surface area contributed by atoms with E-state index in [0.717, 1.165) is 4.47 Å². The summed E-state index contributed by atoms with van der Waals surface area (Å²) < 4.78 is 23.2. The quantitative estimate of drug-likeness (QED) is 0.314. The first kappa shape index (κ1) is 23.0. The van der Waals surface area contributed by atoms with E-state index in [1.54, 1.807) is 73.7 Å². The molecule has 0 radical (unpaired) electrons. The fourth-order valence-corrected chi connectivity index (χ4v) is 4.78. The molecule has 1 aromatic heterocycles. The van der Waals surface area contributed by atoms with Gasteiger partial charge in [-0.25, -0.2) is 0 Å². The molecule has 1 aliphatic rings. The van der Waals surface area contributed by atoms with Crippen molar-refractivity contribution in [2.24, 2.45) is 0 Å². The lowest BCUT2D eigenvalue weighted by Gasteiger charge is -2.26. The Hall–Kier alpha value is -3.78. The Balaban J connectivity index is 1.76. The maximum Gasteiger partial charge on any atom is 0.295 e. The average molecular weight is 536 g/mol. The van der Waals surface area contributed by atoms with E-state index in [2.05, 4.69) is 15.9 Å². The fourth-order valence-electron chi connectivity index (χ4n) is 4.42. The fraction of sp³-hybridized carbons (Fsp3) is 0.185. The predicted molar refractivity (Wildman–Crippen MR) is 136 cm³/mol. The Kier molecular flexibility index (Phi) is 5.98. The number of carbonyl (C=O) groups is 1. The molecule has 35 heavy (non-hydrogen) atoms. The molecule has 7 nitrogen and oxygen atoms in total. The lowest BCUT2D eigenvalue weighted by atomic mass is 9.97. The minimum Gasteiger partial charge on any atom is -0.494 e. The Bertz CT molecular complexity index is 1490. The van der Waals surface area contributed by atoms with Crippen molar-refractivity contribution in [1.29, 1.82) is 0 Å². The summed E-state index contributed by atoms with van der Waals surface area (Å²) in [5.74, 6) is 1.35. The molecule has 0 fully saturated rings. The number of benzene rings is 3. The van der Waals surface area contributed by atoms with Crippen molar-refractivity contribution in [2.75, 3.05) is 25.7 Å². The highest BCUT2D eigenvalue weighted by molar-refractivity contribution is 9.10. The van der Waals surface area contributed by atoms with Crippen LogP contribution in [0.2, 0.25) is 0 Å². The van der Waals surface area contributed by atoms with Crippen molar-refractivity contribution in [3.05, 3.63) is 92.2 Å². The number of hydrogen-bond acceptors (Lipinski definition) is 6. The van der Waals surface area contributed by atoms with Crippen molar-refractivity contribution in [2.45, 2.75) is 13.0 Å². The number of hydrogen-bond donors (Lipinski definition) is 0. The molecule has 5 rings (SSSR count). The van der Waals surface area contributed by atoms with Crippen molar-refractivity contribution >= 4 is 38.5 Å². The van der Waals surface area contributed by atoms with Gasteiger partial charge in [-0.1, -0.05) is 22.0 Å². The number of ether oxygens (including phenoxy) is 3. The minimum atomic E-state index is -0.727. The van der Waals surface area contributed by atoms with Crippen LogP contribution in [0.25, 0.3) is 11.0 Å². The molecular weight excluding hydrogens is 514 g/mol. The Morgan fingerprint density at radius 3 is 2.37 bits per heavy atom. The number of amides is 1. The number of rotatable bonds is 6. The van der Waals surface area contributed by atoms with Gasteiger partial charge in [0.05, 0.1) is 37.8 Å². The average Bonchev–Trinajstić information content (AvgIpc) is 3.17. The highest BCUT2D eigenvalue weighted by Crippen LogP contribution is 2.43. The highest BCUT2D eigenvalue weighted by atomic mass is 79.9. The smallest absolute Gasteiger partial charge is 0.295 e. The van der Waals surface area contributed by atoms with Gasteiger partial charge in [0, 0.05) is 10.2 Å². The van der Waals surface area contributed by atoms with Gasteiger partial charge < -0.3 is 18.6 Å². The normalized spacial score (nSPS) is 14.8. The summed E-state index contributed by atoms with van der Waals surface area (Å²) in [7, 11) is 3.09. The molecule has 1 amide bonds. The minimum absolute atomic E-state index is 0.0264. The van der Waals surface area contributed by atoms with E-state index in [1.807, 2.05) is 13.0 Å². The van der Waals surface area contributed by atoms with Crippen LogP contribution in [-0.4, -0.2) is 26.7 Å². The third-order valence-corrected chi connectivity index (χ3v) is 6.47. The van der Waals surface area contributed by atoms with E-state index in [-0.39, 0.29) is 16.8 Å². The molecule has 1 unspecified atom stereocenters. The van der Waals surface area contributed by atoms with Crippen LogP contribution in [0.5, 0.6) is 17.2 Å². The molecule has 0 spiro atoms. The predicted octanol–water partition coefficient (Wildman–Crippen LogP) is 5.72. The summed E-state index contributed by atoms with van der Waals surface area (Å²) in [6, 6.07) is 17.0. The zero-order valence-corrected chi connectivity index (χ0v) is 20.9. The zero-order chi connectivity index (χ0) is 24.7. The molecule has 3 aromatic carbocycles. The largest absolute Gasteiger partial charge is 0.494 e. The molecule has 0 bridgehead atoms. The molecule has 2 heterocycles. The van der Waals surface area contributed by atoms with Crippen molar-refractivity contribution in [3.8, 4) is 17.2 Å². The number of nitrogens with zero attached hydrogens (tertiary/aromatic N) is 1. The summed E-state index contributed by atoms with van der Waals surface area (Å²) in [5.41, 5.74) is 1.66. The van der Waals surface area contributed by atoms with Crippen LogP contribution in [-0.2, 0) is 0 Å². The molecule has 0 N–H and O–H groups in total. The lowest BCUT2D eigenvalue weighted by Crippen LogP contribution is -2.29. The number of methoxy groups -OCH3 is 2. The standard InChI is InChI=1S/C27H22BrNO6/c1-4-34-18-9-7-17(8-10-18)29-24(15-5-11-21(32-2)22(13-15)33-3)23-25(30)19-14-16(28)6-12-20(19)35-26(23)27(29)31/h5-14,24H,4H2,1-3H3. The molecular formula is C27H22BrNO6. The second-order valence-electron chi connectivity index (χ2n) is 7.93. The van der Waals surface area contributed by atoms with E-state index in [0.29, 0.717) is 46.1 Å². The van der Waals surface area contributed by atoms with Crippen LogP contribution >= 0.6 is 15.9 Å². The molecule has 178 valence electrons. The third kappa shape index (κ3) is 3.83. The maximum absolute atomic E-state index is 13.8. The molecule has 8 heteroatoms. The second-order valence-corrected chi connectivity index (χ2v) is 8.85. The van der Waals surface area contributed by atoms with E-state index in [1.165, 1.54) is 0 Å². The van der Waals surface area contributed by atoms with Gasteiger partial charge in [0.2, 0.25) is 5.76 Å². The van der Waals surface area contributed by atoms with Crippen LogP contribution in [0.3, 0.4) is 0 Å². The first-order valence-electron chi connectivity index (χ1n) is 11.0. The maximum atomic E-state index is 13.8. The van der Waals surface area contributed by atoms with Gasteiger partial charge in [0.25, 0.3) is 5.91 Å². The van der Waals surface area contributed by atoms with Gasteiger partial charge in [-0.2, -0.15) is 0 Å². The molecule has 1 atom stereocenters. The van der Waals surface area contributed by atoms with Crippen LogP contribution in [0, 0.1) is 0 Å². The number of anilines is 1. The lowest BCUT2D eigenvalue weighted by molar-refractivity contribution is 0.0971. The van der Waals surface area contributed by atoms with Gasteiger partial charge >= 0.3 is 0 Å². The van der Waals surface area contributed by atoms with Crippen LogP contribution in [0.1, 0.15) is 34.6 Å². The topological polar surface area (TPSA) is 78.2 Å². The molecule has 4 aromatic rings. The van der Waals surface area contributed by atoms with Gasteiger partial charge in [-0.15, -0.1) is 0 Å². The molecule has 0 saturated carbocycles. The summed E-state index contributed by atoms with van der Waals surface area (Å²) in [6.07, 6.45) is 0. The Morgan fingerprint density at radius 2 is 1.69 bits per heavy atom. The molecule has 0 aliphatic carbocycles. The zero-order valence-electron chi connectivity index (χ0n) is 19.3. The van der Waals surface area contributed by atoms with Gasteiger partial charge in [-0.05, 0) is 67.1 Å².